The standard InChI is InChI=1S/C34H56F2O7/c1-5-6-7-15-22-34(35,36)31(38)21-20-28-27(17-12-10-8-9-11-13-18-32(39)41-25(2)3)29(42-26(4)37)24-30(28)43-33-19-14-16-23-40-33/h20-21,25,27-30,33H,5-19,22-24H2,1-4H3/b21-20+/t27-,28-,29+,30-,33?/m1/s1. The molecular weight excluding hydrogens is 558 g/mol. The number of halogens is 2. The summed E-state index contributed by atoms with van der Waals surface area (Å²) in [6.45, 7) is 7.68. The van der Waals surface area contributed by atoms with E-state index in [-0.39, 0.29) is 30.2 Å². The van der Waals surface area contributed by atoms with Crippen LogP contribution in [0.15, 0.2) is 12.2 Å². The molecule has 0 radical (unpaired) electrons. The number of unbranched alkanes of at least 4 members (excludes halogenated alkanes) is 8. The van der Waals surface area contributed by atoms with Crippen LogP contribution in [-0.4, -0.2) is 54.9 Å². The molecule has 0 N–H and O–H groups in total. The Labute approximate surface area is 257 Å². The molecule has 5 atom stereocenters. The molecule has 1 heterocycles. The maximum atomic E-state index is 14.7. The number of alkyl halides is 2. The summed E-state index contributed by atoms with van der Waals surface area (Å²) in [4.78, 5) is 36.3. The van der Waals surface area contributed by atoms with Crippen LogP contribution >= 0.6 is 0 Å². The minimum absolute atomic E-state index is 0.0945. The van der Waals surface area contributed by atoms with E-state index in [0.717, 1.165) is 83.1 Å². The lowest BCUT2D eigenvalue weighted by Gasteiger charge is -2.29. The summed E-state index contributed by atoms with van der Waals surface area (Å²) < 4.78 is 52.3. The van der Waals surface area contributed by atoms with Gasteiger partial charge in [0.25, 0.3) is 0 Å². The smallest absolute Gasteiger partial charge is 0.309 e. The molecule has 7 nitrogen and oxygen atoms in total. The highest BCUT2D eigenvalue weighted by molar-refractivity contribution is 5.95. The highest BCUT2D eigenvalue weighted by Gasteiger charge is 2.46. The molecule has 248 valence electrons. The maximum Gasteiger partial charge on any atom is 0.309 e. The monoisotopic (exact) mass is 614 g/mol. The Bertz CT molecular complexity index is 854. The number of esters is 2. The molecule has 1 aliphatic heterocycles. The molecule has 0 amide bonds. The van der Waals surface area contributed by atoms with Crippen molar-refractivity contribution in [2.24, 2.45) is 11.8 Å². The topological polar surface area (TPSA) is 88.1 Å². The summed E-state index contributed by atoms with van der Waals surface area (Å²) >= 11 is 0. The Morgan fingerprint density at radius 3 is 2.30 bits per heavy atom. The molecule has 1 aliphatic carbocycles. The molecule has 2 aliphatic rings. The van der Waals surface area contributed by atoms with Gasteiger partial charge in [-0.2, -0.15) is 8.78 Å². The number of hydrogen-bond acceptors (Lipinski definition) is 7. The van der Waals surface area contributed by atoms with Gasteiger partial charge in [-0.25, -0.2) is 0 Å². The second-order valence-corrected chi connectivity index (χ2v) is 12.5. The van der Waals surface area contributed by atoms with E-state index in [1.807, 2.05) is 20.8 Å². The van der Waals surface area contributed by atoms with E-state index in [4.69, 9.17) is 18.9 Å². The maximum absolute atomic E-state index is 14.7. The number of ether oxygens (including phenoxy) is 4. The molecular formula is C34H56F2O7. The minimum atomic E-state index is -3.40. The lowest BCUT2D eigenvalue weighted by molar-refractivity contribution is -0.193. The average molecular weight is 615 g/mol. The van der Waals surface area contributed by atoms with Crippen molar-refractivity contribution in [2.45, 2.75) is 167 Å². The first-order valence-corrected chi connectivity index (χ1v) is 16.8. The molecule has 9 heteroatoms. The second kappa shape index (κ2) is 20.2. The van der Waals surface area contributed by atoms with Crippen LogP contribution in [-0.2, 0) is 33.3 Å². The minimum Gasteiger partial charge on any atom is -0.463 e. The van der Waals surface area contributed by atoms with Gasteiger partial charge in [0.2, 0.25) is 5.78 Å². The fourth-order valence-corrected chi connectivity index (χ4v) is 6.13. The lowest BCUT2D eigenvalue weighted by atomic mass is 9.87. The van der Waals surface area contributed by atoms with Crippen molar-refractivity contribution in [1.82, 2.24) is 0 Å². The fourth-order valence-electron chi connectivity index (χ4n) is 6.13. The first kappa shape index (κ1) is 37.3. The van der Waals surface area contributed by atoms with Crippen molar-refractivity contribution in [2.75, 3.05) is 6.61 Å². The number of carbonyl (C=O) groups is 3. The Hall–Kier alpha value is -1.87. The van der Waals surface area contributed by atoms with Gasteiger partial charge >= 0.3 is 17.9 Å². The number of carbonyl (C=O) groups excluding carboxylic acids is 3. The number of ketones is 1. The molecule has 43 heavy (non-hydrogen) atoms. The van der Waals surface area contributed by atoms with E-state index >= 15 is 0 Å². The van der Waals surface area contributed by atoms with Crippen molar-refractivity contribution < 1.29 is 42.1 Å². The van der Waals surface area contributed by atoms with E-state index in [1.165, 1.54) is 6.92 Å². The molecule has 0 aromatic carbocycles. The fraction of sp³-hybridized carbons (Fsp3) is 0.853. The average Bonchev–Trinajstić information content (AvgIpc) is 3.25. The number of hydrogen-bond donors (Lipinski definition) is 0. The Morgan fingerprint density at radius 1 is 0.953 bits per heavy atom. The summed E-state index contributed by atoms with van der Waals surface area (Å²) in [5.74, 6) is -5.62. The van der Waals surface area contributed by atoms with Crippen molar-refractivity contribution in [1.29, 1.82) is 0 Å². The molecule has 1 saturated heterocycles. The van der Waals surface area contributed by atoms with Crippen molar-refractivity contribution >= 4 is 17.7 Å². The van der Waals surface area contributed by atoms with Crippen molar-refractivity contribution in [3.05, 3.63) is 12.2 Å². The van der Waals surface area contributed by atoms with Crippen LogP contribution in [0.25, 0.3) is 0 Å². The molecule has 0 spiro atoms. The first-order chi connectivity index (χ1) is 20.5. The van der Waals surface area contributed by atoms with E-state index < -0.39 is 36.3 Å². The van der Waals surface area contributed by atoms with Crippen molar-refractivity contribution in [3.8, 4) is 0 Å². The third kappa shape index (κ3) is 14.6. The Morgan fingerprint density at radius 2 is 1.65 bits per heavy atom. The Kier molecular flexibility index (Phi) is 17.5. The summed E-state index contributed by atoms with van der Waals surface area (Å²) in [5, 5.41) is 0. The van der Waals surface area contributed by atoms with Gasteiger partial charge in [-0.1, -0.05) is 64.4 Å². The highest BCUT2D eigenvalue weighted by Crippen LogP contribution is 2.42. The molecule has 2 fully saturated rings. The van der Waals surface area contributed by atoms with Crippen LogP contribution in [0, 0.1) is 11.8 Å². The zero-order valence-electron chi connectivity index (χ0n) is 27.0. The third-order valence-electron chi connectivity index (χ3n) is 8.36. The van der Waals surface area contributed by atoms with Crippen LogP contribution in [0.5, 0.6) is 0 Å². The van der Waals surface area contributed by atoms with Crippen LogP contribution in [0.4, 0.5) is 8.78 Å². The predicted molar refractivity (Wildman–Crippen MR) is 162 cm³/mol. The van der Waals surface area contributed by atoms with Crippen LogP contribution in [0.2, 0.25) is 0 Å². The van der Waals surface area contributed by atoms with E-state index in [9.17, 15) is 23.2 Å². The Balaban J connectivity index is 2.01. The molecule has 1 unspecified atom stereocenters. The first-order valence-electron chi connectivity index (χ1n) is 16.8. The van der Waals surface area contributed by atoms with Gasteiger partial charge in [0, 0.05) is 44.6 Å². The third-order valence-corrected chi connectivity index (χ3v) is 8.36. The summed E-state index contributed by atoms with van der Waals surface area (Å²) in [5.41, 5.74) is 0. The summed E-state index contributed by atoms with van der Waals surface area (Å²) in [6, 6.07) is 0. The molecule has 2 rings (SSSR count). The van der Waals surface area contributed by atoms with Gasteiger partial charge in [0.15, 0.2) is 6.29 Å². The zero-order valence-corrected chi connectivity index (χ0v) is 27.0. The zero-order chi connectivity index (χ0) is 31.7. The van der Waals surface area contributed by atoms with Crippen molar-refractivity contribution in [3.63, 3.8) is 0 Å². The van der Waals surface area contributed by atoms with Gasteiger partial charge in [-0.15, -0.1) is 0 Å². The van der Waals surface area contributed by atoms with E-state index in [2.05, 4.69) is 0 Å². The SMILES string of the molecule is CCCCCCC(F)(F)C(=O)/C=C/[C@@H]1[C@@H](CCCCCCCCC(=O)OC(C)C)[C@@H](OC(C)=O)C[C@H]1OC1CCCCO1. The predicted octanol–water partition coefficient (Wildman–Crippen LogP) is 8.27. The summed E-state index contributed by atoms with van der Waals surface area (Å²) in [7, 11) is 0. The molecule has 1 saturated carbocycles. The highest BCUT2D eigenvalue weighted by atomic mass is 19.3. The van der Waals surface area contributed by atoms with Crippen LogP contribution < -0.4 is 0 Å². The normalized spacial score (nSPS) is 24.5. The number of rotatable bonds is 21. The van der Waals surface area contributed by atoms with Gasteiger partial charge in [-0.05, 0) is 58.4 Å². The van der Waals surface area contributed by atoms with Crippen LogP contribution in [0.1, 0.15) is 137 Å². The molecule has 0 aromatic heterocycles. The number of allylic oxidation sites excluding steroid dienone is 1. The van der Waals surface area contributed by atoms with Gasteiger partial charge in [0.1, 0.15) is 6.10 Å². The second-order valence-electron chi connectivity index (χ2n) is 12.5. The largest absolute Gasteiger partial charge is 0.463 e. The lowest BCUT2D eigenvalue weighted by Crippen LogP contribution is -2.31. The van der Waals surface area contributed by atoms with Gasteiger partial charge in [0.05, 0.1) is 12.2 Å². The van der Waals surface area contributed by atoms with Gasteiger partial charge < -0.3 is 18.9 Å². The quantitative estimate of drug-likeness (QED) is 0.0730. The van der Waals surface area contributed by atoms with Gasteiger partial charge in [-0.3, -0.25) is 14.4 Å². The van der Waals surface area contributed by atoms with E-state index in [1.54, 1.807) is 6.08 Å². The molecule has 0 bridgehead atoms. The summed E-state index contributed by atoms with van der Waals surface area (Å²) in [6.07, 6.45) is 13.6. The molecule has 0 aromatic rings. The van der Waals surface area contributed by atoms with Crippen LogP contribution in [0.3, 0.4) is 0 Å². The van der Waals surface area contributed by atoms with E-state index in [0.29, 0.717) is 32.3 Å².